The number of halogens is 2. The number of amides is 1. The lowest BCUT2D eigenvalue weighted by Crippen LogP contribution is -2.31. The number of non-ortho nitro benzene ring substituents is 1. The van der Waals surface area contributed by atoms with Gasteiger partial charge in [-0.25, -0.2) is 4.39 Å². The molecule has 1 amide bonds. The van der Waals surface area contributed by atoms with Gasteiger partial charge in [0.2, 0.25) is 0 Å². The highest BCUT2D eigenvalue weighted by molar-refractivity contribution is 5.94. The Morgan fingerprint density at radius 1 is 1.58 bits per heavy atom. The van der Waals surface area contributed by atoms with Crippen molar-refractivity contribution in [3.63, 3.8) is 0 Å². The van der Waals surface area contributed by atoms with Crippen molar-refractivity contribution in [1.29, 1.82) is 0 Å². The van der Waals surface area contributed by atoms with E-state index in [9.17, 15) is 19.3 Å². The average Bonchev–Trinajstić information content (AvgIpc) is 2.35. The molecule has 1 atom stereocenters. The number of nitrogens with one attached hydrogen (secondary N) is 1. The maximum atomic E-state index is 13.5. The number of carbonyl (C=O) groups excluding carboxylic acids is 1. The predicted octanol–water partition coefficient (Wildman–Crippen LogP) is 1.48. The molecular weight excluding hydrogens is 277 g/mol. The summed E-state index contributed by atoms with van der Waals surface area (Å²) in [7, 11) is 0. The van der Waals surface area contributed by atoms with E-state index in [-0.39, 0.29) is 29.6 Å². The number of carbonyl (C=O) groups is 1. The lowest BCUT2D eigenvalue weighted by atomic mass is 10.1. The number of rotatable bonds is 5. The van der Waals surface area contributed by atoms with Crippen LogP contribution in [-0.4, -0.2) is 23.9 Å². The number of nitro groups is 1. The molecule has 0 radical (unpaired) electrons. The van der Waals surface area contributed by atoms with E-state index in [4.69, 9.17) is 5.73 Å². The van der Waals surface area contributed by atoms with Gasteiger partial charge in [0.15, 0.2) is 0 Å². The summed E-state index contributed by atoms with van der Waals surface area (Å²) in [4.78, 5) is 21.3. The smallest absolute Gasteiger partial charge is 0.272 e. The van der Waals surface area contributed by atoms with E-state index in [0.29, 0.717) is 13.1 Å². The first kappa shape index (κ1) is 17.3. The van der Waals surface area contributed by atoms with Crippen molar-refractivity contribution in [2.24, 2.45) is 11.7 Å². The molecule has 3 N–H and O–H groups in total. The van der Waals surface area contributed by atoms with E-state index in [1.165, 1.54) is 0 Å². The highest BCUT2D eigenvalue weighted by Crippen LogP contribution is 2.16. The molecule has 1 unspecified atom stereocenters. The molecule has 0 bridgehead atoms. The number of benzene rings is 1. The number of nitrogens with two attached hydrogens (primary N) is 1. The molecule has 0 heterocycles. The molecule has 0 spiro atoms. The molecule has 0 aromatic heterocycles. The summed E-state index contributed by atoms with van der Waals surface area (Å²) in [5, 5.41) is 12.9. The van der Waals surface area contributed by atoms with Crippen LogP contribution in [0.2, 0.25) is 0 Å². The number of nitro benzene ring substituents is 1. The Balaban J connectivity index is 0.00000324. The zero-order valence-corrected chi connectivity index (χ0v) is 11.1. The molecule has 6 nitrogen and oxygen atoms in total. The molecule has 1 aromatic rings. The zero-order chi connectivity index (χ0) is 13.7. The largest absolute Gasteiger partial charge is 0.352 e. The van der Waals surface area contributed by atoms with Crippen molar-refractivity contribution in [1.82, 2.24) is 5.32 Å². The van der Waals surface area contributed by atoms with Gasteiger partial charge in [-0.15, -0.1) is 12.4 Å². The molecule has 1 aromatic carbocycles. The summed E-state index contributed by atoms with van der Waals surface area (Å²) in [6, 6.07) is 2.90. The van der Waals surface area contributed by atoms with Gasteiger partial charge in [-0.05, 0) is 18.5 Å². The van der Waals surface area contributed by atoms with Crippen molar-refractivity contribution in [3.8, 4) is 0 Å². The topological polar surface area (TPSA) is 98.3 Å². The van der Waals surface area contributed by atoms with E-state index >= 15 is 0 Å². The van der Waals surface area contributed by atoms with Gasteiger partial charge in [0.05, 0.1) is 16.6 Å². The van der Waals surface area contributed by atoms with Crippen LogP contribution in [0.15, 0.2) is 18.2 Å². The third kappa shape index (κ3) is 4.80. The summed E-state index contributed by atoms with van der Waals surface area (Å²) in [6.45, 7) is 2.57. The third-order valence-corrected chi connectivity index (χ3v) is 2.42. The second kappa shape index (κ2) is 7.65. The number of hydrogen-bond acceptors (Lipinski definition) is 4. The Labute approximate surface area is 115 Å². The van der Waals surface area contributed by atoms with Gasteiger partial charge in [0, 0.05) is 12.6 Å². The van der Waals surface area contributed by atoms with Crippen LogP contribution in [0.3, 0.4) is 0 Å². The lowest BCUT2D eigenvalue weighted by molar-refractivity contribution is -0.385. The van der Waals surface area contributed by atoms with Crippen LogP contribution in [-0.2, 0) is 0 Å². The van der Waals surface area contributed by atoms with Crippen molar-refractivity contribution >= 4 is 24.0 Å². The minimum Gasteiger partial charge on any atom is -0.352 e. The van der Waals surface area contributed by atoms with Crippen LogP contribution in [0.25, 0.3) is 0 Å². The quantitative estimate of drug-likeness (QED) is 0.634. The summed E-state index contributed by atoms with van der Waals surface area (Å²) in [5.41, 5.74) is 4.77. The van der Waals surface area contributed by atoms with E-state index in [0.717, 1.165) is 18.2 Å². The molecule has 1 rings (SSSR count). The van der Waals surface area contributed by atoms with Crippen molar-refractivity contribution < 1.29 is 14.1 Å². The van der Waals surface area contributed by atoms with Crippen LogP contribution in [0.4, 0.5) is 10.1 Å². The van der Waals surface area contributed by atoms with Gasteiger partial charge < -0.3 is 11.1 Å². The average molecular weight is 292 g/mol. The molecule has 0 saturated heterocycles. The summed E-state index contributed by atoms with van der Waals surface area (Å²) < 4.78 is 13.5. The molecule has 0 aliphatic rings. The fourth-order valence-electron chi connectivity index (χ4n) is 1.25. The second-order valence-electron chi connectivity index (χ2n) is 3.97. The Morgan fingerprint density at radius 2 is 2.21 bits per heavy atom. The van der Waals surface area contributed by atoms with Crippen molar-refractivity contribution in [3.05, 3.63) is 39.7 Å². The van der Waals surface area contributed by atoms with E-state index in [1.807, 2.05) is 6.92 Å². The zero-order valence-electron chi connectivity index (χ0n) is 10.3. The van der Waals surface area contributed by atoms with E-state index < -0.39 is 16.6 Å². The van der Waals surface area contributed by atoms with Gasteiger partial charge in [-0.1, -0.05) is 6.92 Å². The highest BCUT2D eigenvalue weighted by Gasteiger charge is 2.16. The van der Waals surface area contributed by atoms with Gasteiger partial charge >= 0.3 is 0 Å². The Bertz CT molecular complexity index is 470. The van der Waals surface area contributed by atoms with Crippen LogP contribution < -0.4 is 11.1 Å². The van der Waals surface area contributed by atoms with Crippen LogP contribution >= 0.6 is 12.4 Å². The second-order valence-corrected chi connectivity index (χ2v) is 3.97. The Kier molecular flexibility index (Phi) is 6.95. The van der Waals surface area contributed by atoms with Gasteiger partial charge in [0.1, 0.15) is 5.82 Å². The van der Waals surface area contributed by atoms with Crippen LogP contribution in [0.1, 0.15) is 17.3 Å². The third-order valence-electron chi connectivity index (χ3n) is 2.42. The Hall–Kier alpha value is -1.73. The molecule has 106 valence electrons. The minimum atomic E-state index is -0.915. The monoisotopic (exact) mass is 291 g/mol. The molecule has 0 fully saturated rings. The highest BCUT2D eigenvalue weighted by atomic mass is 35.5. The van der Waals surface area contributed by atoms with E-state index in [1.54, 1.807) is 0 Å². The SMILES string of the molecule is CC(CN)CNC(=O)c1ccc([N+](=O)[O-])cc1F.Cl. The number of nitrogens with zero attached hydrogens (tertiary/aromatic N) is 1. The predicted molar refractivity (Wildman–Crippen MR) is 70.9 cm³/mol. The fourth-order valence-corrected chi connectivity index (χ4v) is 1.25. The summed E-state index contributed by atoms with van der Waals surface area (Å²) in [6.07, 6.45) is 0. The first-order valence-electron chi connectivity index (χ1n) is 5.38. The normalized spacial score (nSPS) is 11.3. The molecule has 19 heavy (non-hydrogen) atoms. The summed E-state index contributed by atoms with van der Waals surface area (Å²) >= 11 is 0. The van der Waals surface area contributed by atoms with Gasteiger partial charge in [-0.2, -0.15) is 0 Å². The fraction of sp³-hybridized carbons (Fsp3) is 0.364. The first-order valence-corrected chi connectivity index (χ1v) is 5.38. The Morgan fingerprint density at radius 3 is 2.68 bits per heavy atom. The maximum absolute atomic E-state index is 13.5. The van der Waals surface area contributed by atoms with Gasteiger partial charge in [0.25, 0.3) is 11.6 Å². The minimum absolute atomic E-state index is 0. The van der Waals surface area contributed by atoms with Crippen LogP contribution in [0.5, 0.6) is 0 Å². The van der Waals surface area contributed by atoms with Crippen LogP contribution in [0, 0.1) is 21.8 Å². The first-order chi connectivity index (χ1) is 8.45. The molecular formula is C11H15ClFN3O3. The van der Waals surface area contributed by atoms with Crippen molar-refractivity contribution in [2.75, 3.05) is 13.1 Å². The van der Waals surface area contributed by atoms with Gasteiger partial charge in [-0.3, -0.25) is 14.9 Å². The molecule has 8 heteroatoms. The standard InChI is InChI=1S/C11H14FN3O3.ClH/c1-7(5-13)6-14-11(16)9-3-2-8(15(17)18)4-10(9)12;/h2-4,7H,5-6,13H2,1H3,(H,14,16);1H. The maximum Gasteiger partial charge on any atom is 0.272 e. The summed E-state index contributed by atoms with van der Waals surface area (Å²) in [5.74, 6) is -1.44. The molecule has 0 aliphatic carbocycles. The lowest BCUT2D eigenvalue weighted by Gasteiger charge is -2.10. The van der Waals surface area contributed by atoms with Crippen molar-refractivity contribution in [2.45, 2.75) is 6.92 Å². The molecule has 0 saturated carbocycles. The van der Waals surface area contributed by atoms with E-state index in [2.05, 4.69) is 5.32 Å². The molecule has 0 aliphatic heterocycles. The number of hydrogen-bond donors (Lipinski definition) is 2.